The van der Waals surface area contributed by atoms with Gasteiger partial charge in [0.05, 0.1) is 11.6 Å². The number of benzene rings is 3. The number of aliphatic hydroxyl groups excluding tert-OH is 1. The third kappa shape index (κ3) is 3.74. The first kappa shape index (κ1) is 19.9. The number of nitrogens with zero attached hydrogens (tertiary/aromatic N) is 1. The number of Topliss-reactive ketones (excluding diaryl/α,β-unsaturated/α-hetero) is 1. The number of likely N-dealkylation sites (tertiary alicyclic amines) is 1. The third-order valence-corrected chi connectivity index (χ3v) is 5.62. The molecule has 1 saturated heterocycles. The predicted molar refractivity (Wildman–Crippen MR) is 117 cm³/mol. The summed E-state index contributed by atoms with van der Waals surface area (Å²) in [5.41, 5.74) is 2.22. The fourth-order valence-corrected chi connectivity index (χ4v) is 4.02. The van der Waals surface area contributed by atoms with Crippen LogP contribution in [0.3, 0.4) is 0 Å². The number of hydrogen-bond acceptors (Lipinski definition) is 3. The van der Waals surface area contributed by atoms with Crippen molar-refractivity contribution in [2.45, 2.75) is 12.5 Å². The molecule has 0 bridgehead atoms. The van der Waals surface area contributed by atoms with Crippen LogP contribution in [0, 0.1) is 0 Å². The van der Waals surface area contributed by atoms with Crippen molar-refractivity contribution in [1.82, 2.24) is 4.90 Å². The van der Waals surface area contributed by atoms with Gasteiger partial charge in [-0.2, -0.15) is 0 Å². The summed E-state index contributed by atoms with van der Waals surface area (Å²) < 4.78 is 0. The largest absolute Gasteiger partial charge is 0.507 e. The maximum Gasteiger partial charge on any atom is 0.295 e. The predicted octanol–water partition coefficient (Wildman–Crippen LogP) is 5.00. The van der Waals surface area contributed by atoms with Gasteiger partial charge >= 0.3 is 0 Å². The molecule has 1 aliphatic rings. The second kappa shape index (κ2) is 8.56. The van der Waals surface area contributed by atoms with Crippen LogP contribution < -0.4 is 0 Å². The van der Waals surface area contributed by atoms with Gasteiger partial charge in [0.1, 0.15) is 5.76 Å². The molecular weight excluding hydrogens is 398 g/mol. The minimum absolute atomic E-state index is 0.0624. The molecule has 1 aliphatic heterocycles. The summed E-state index contributed by atoms with van der Waals surface area (Å²) in [6, 6.07) is 24.9. The highest BCUT2D eigenvalue weighted by molar-refractivity contribution is 6.47. The topological polar surface area (TPSA) is 57.6 Å². The Morgan fingerprint density at radius 1 is 0.867 bits per heavy atom. The van der Waals surface area contributed by atoms with Gasteiger partial charge in [-0.05, 0) is 23.6 Å². The van der Waals surface area contributed by atoms with E-state index in [0.717, 1.165) is 5.56 Å². The average Bonchev–Trinajstić information content (AvgIpc) is 3.03. The third-order valence-electron chi connectivity index (χ3n) is 5.27. The molecule has 5 heteroatoms. The van der Waals surface area contributed by atoms with Gasteiger partial charge in [-0.3, -0.25) is 9.59 Å². The van der Waals surface area contributed by atoms with Crippen LogP contribution in [0.2, 0.25) is 5.02 Å². The molecule has 0 saturated carbocycles. The molecule has 3 aromatic carbocycles. The molecule has 1 amide bonds. The number of halogens is 1. The van der Waals surface area contributed by atoms with E-state index in [9.17, 15) is 14.7 Å². The van der Waals surface area contributed by atoms with E-state index >= 15 is 0 Å². The molecule has 150 valence electrons. The van der Waals surface area contributed by atoms with Crippen molar-refractivity contribution in [2.75, 3.05) is 6.54 Å². The average molecular weight is 418 g/mol. The molecule has 0 aliphatic carbocycles. The molecule has 4 rings (SSSR count). The van der Waals surface area contributed by atoms with Gasteiger partial charge in [-0.1, -0.05) is 90.5 Å². The Hall–Kier alpha value is -3.37. The Kier molecular flexibility index (Phi) is 5.68. The van der Waals surface area contributed by atoms with Gasteiger partial charge in [0, 0.05) is 17.1 Å². The highest BCUT2D eigenvalue weighted by Gasteiger charge is 2.46. The van der Waals surface area contributed by atoms with Crippen LogP contribution in [-0.2, 0) is 16.0 Å². The number of hydrogen-bond donors (Lipinski definition) is 1. The summed E-state index contributed by atoms with van der Waals surface area (Å²) in [7, 11) is 0. The van der Waals surface area contributed by atoms with Crippen LogP contribution in [0.1, 0.15) is 22.7 Å². The first-order valence-electron chi connectivity index (χ1n) is 9.70. The number of rotatable bonds is 5. The van der Waals surface area contributed by atoms with Gasteiger partial charge in [-0.25, -0.2) is 0 Å². The van der Waals surface area contributed by atoms with Crippen LogP contribution >= 0.6 is 11.6 Å². The van der Waals surface area contributed by atoms with Gasteiger partial charge in [0.2, 0.25) is 0 Å². The second-order valence-electron chi connectivity index (χ2n) is 7.12. The van der Waals surface area contributed by atoms with E-state index in [0.29, 0.717) is 29.1 Å². The number of carbonyl (C=O) groups excluding carboxylic acids is 2. The lowest BCUT2D eigenvalue weighted by Crippen LogP contribution is -2.31. The summed E-state index contributed by atoms with van der Waals surface area (Å²) in [6.45, 7) is 0.329. The first-order chi connectivity index (χ1) is 14.6. The van der Waals surface area contributed by atoms with E-state index in [2.05, 4.69) is 0 Å². The van der Waals surface area contributed by atoms with Crippen LogP contribution in [-0.4, -0.2) is 28.2 Å². The highest BCUT2D eigenvalue weighted by atomic mass is 35.5. The Balaban J connectivity index is 1.80. The van der Waals surface area contributed by atoms with E-state index in [1.54, 1.807) is 48.5 Å². The summed E-state index contributed by atoms with van der Waals surface area (Å²) in [6.07, 6.45) is 0.584. The van der Waals surface area contributed by atoms with Crippen molar-refractivity contribution >= 4 is 29.1 Å². The van der Waals surface area contributed by atoms with Gasteiger partial charge in [0.25, 0.3) is 11.7 Å². The van der Waals surface area contributed by atoms with E-state index in [1.165, 1.54) is 4.90 Å². The summed E-state index contributed by atoms with van der Waals surface area (Å²) in [5.74, 6) is -1.52. The smallest absolute Gasteiger partial charge is 0.295 e. The lowest BCUT2D eigenvalue weighted by atomic mass is 9.95. The van der Waals surface area contributed by atoms with Crippen molar-refractivity contribution < 1.29 is 14.7 Å². The van der Waals surface area contributed by atoms with Crippen LogP contribution in [0.5, 0.6) is 0 Å². The number of amides is 1. The van der Waals surface area contributed by atoms with Crippen LogP contribution in [0.15, 0.2) is 90.5 Å². The quantitative estimate of drug-likeness (QED) is 0.361. The molecule has 1 fully saturated rings. The zero-order valence-electron chi connectivity index (χ0n) is 16.2. The SMILES string of the molecule is O=C1C(=O)N(CCc2ccccc2)C(c2ccccc2Cl)/C1=C(/O)c1ccccc1. The molecule has 0 radical (unpaired) electrons. The van der Waals surface area contributed by atoms with Crippen molar-refractivity contribution in [3.8, 4) is 0 Å². The second-order valence-corrected chi connectivity index (χ2v) is 7.52. The Morgan fingerprint density at radius 2 is 1.47 bits per heavy atom. The molecule has 0 spiro atoms. The summed E-state index contributed by atoms with van der Waals surface area (Å²) in [5, 5.41) is 11.4. The van der Waals surface area contributed by atoms with Gasteiger partial charge in [-0.15, -0.1) is 0 Å². The molecule has 3 aromatic rings. The Morgan fingerprint density at radius 3 is 2.13 bits per heavy atom. The fourth-order valence-electron chi connectivity index (χ4n) is 3.78. The summed E-state index contributed by atoms with van der Waals surface area (Å²) >= 11 is 6.44. The standard InChI is InChI=1S/C25H20ClNO3/c26-20-14-8-7-13-19(20)22-21(23(28)18-11-5-2-6-12-18)24(29)25(30)27(22)16-15-17-9-3-1-4-10-17/h1-14,22,28H,15-16H2/b23-21-. The highest BCUT2D eigenvalue weighted by Crippen LogP contribution is 2.41. The number of aliphatic hydroxyl groups is 1. The van der Waals surface area contributed by atoms with Crippen molar-refractivity contribution in [1.29, 1.82) is 0 Å². The van der Waals surface area contributed by atoms with Crippen LogP contribution in [0.25, 0.3) is 5.76 Å². The molecule has 1 atom stereocenters. The van der Waals surface area contributed by atoms with Crippen LogP contribution in [0.4, 0.5) is 0 Å². The zero-order chi connectivity index (χ0) is 21.1. The molecule has 4 nitrogen and oxygen atoms in total. The molecule has 1 heterocycles. The zero-order valence-corrected chi connectivity index (χ0v) is 16.9. The first-order valence-corrected chi connectivity index (χ1v) is 10.1. The maximum absolute atomic E-state index is 13.0. The lowest BCUT2D eigenvalue weighted by Gasteiger charge is -2.26. The normalized spacial score (nSPS) is 18.0. The monoisotopic (exact) mass is 417 g/mol. The molecule has 1 N–H and O–H groups in total. The maximum atomic E-state index is 13.0. The van der Waals surface area contributed by atoms with E-state index in [1.807, 2.05) is 36.4 Å². The molecule has 30 heavy (non-hydrogen) atoms. The van der Waals surface area contributed by atoms with E-state index < -0.39 is 17.7 Å². The van der Waals surface area contributed by atoms with Crippen molar-refractivity contribution in [2.24, 2.45) is 0 Å². The minimum atomic E-state index is -0.748. The van der Waals surface area contributed by atoms with Crippen molar-refractivity contribution in [3.05, 3.63) is 112 Å². The van der Waals surface area contributed by atoms with E-state index in [-0.39, 0.29) is 11.3 Å². The fraction of sp³-hybridized carbons (Fsp3) is 0.120. The molecule has 0 aromatic heterocycles. The Bertz CT molecular complexity index is 1110. The van der Waals surface area contributed by atoms with Crippen molar-refractivity contribution in [3.63, 3.8) is 0 Å². The molecule has 1 unspecified atom stereocenters. The summed E-state index contributed by atoms with van der Waals surface area (Å²) in [4.78, 5) is 27.4. The number of carbonyl (C=O) groups is 2. The minimum Gasteiger partial charge on any atom is -0.507 e. The van der Waals surface area contributed by atoms with Gasteiger partial charge in [0.15, 0.2) is 0 Å². The Labute approximate surface area is 180 Å². The molecular formula is C25H20ClNO3. The van der Waals surface area contributed by atoms with Gasteiger partial charge < -0.3 is 10.0 Å². The number of ketones is 1. The van der Waals surface area contributed by atoms with E-state index in [4.69, 9.17) is 11.6 Å². The lowest BCUT2D eigenvalue weighted by molar-refractivity contribution is -0.139.